The Morgan fingerprint density at radius 2 is 1.45 bits per heavy atom. The molecule has 5 aromatic rings. The van der Waals surface area contributed by atoms with Gasteiger partial charge in [-0.3, -0.25) is 14.4 Å². The molecule has 0 unspecified atom stereocenters. The van der Waals surface area contributed by atoms with Crippen molar-refractivity contribution < 1.29 is 18.8 Å². The Morgan fingerprint density at radius 3 is 2.29 bits per heavy atom. The summed E-state index contributed by atoms with van der Waals surface area (Å²) < 4.78 is 13.9. The average Bonchev–Trinajstić information content (AvgIpc) is 3.01. The number of para-hydroxylation sites is 1. The number of hydrogen-bond acceptors (Lipinski definition) is 4. The van der Waals surface area contributed by atoms with E-state index in [9.17, 15) is 18.8 Å². The molecule has 0 spiro atoms. The predicted molar refractivity (Wildman–Crippen MR) is 167 cm³/mol. The Labute approximate surface area is 246 Å². The van der Waals surface area contributed by atoms with Gasteiger partial charge in [-0.1, -0.05) is 78.9 Å². The van der Waals surface area contributed by atoms with Crippen molar-refractivity contribution in [1.82, 2.24) is 5.32 Å². The van der Waals surface area contributed by atoms with E-state index in [1.165, 1.54) is 23.9 Å². The van der Waals surface area contributed by atoms with Gasteiger partial charge in [0, 0.05) is 16.1 Å². The van der Waals surface area contributed by atoms with Crippen molar-refractivity contribution in [2.45, 2.75) is 4.90 Å². The Bertz CT molecular complexity index is 1780. The van der Waals surface area contributed by atoms with Gasteiger partial charge in [-0.05, 0) is 64.9 Å². The predicted octanol–water partition coefficient (Wildman–Crippen LogP) is 7.12. The Hall–Kier alpha value is -5.21. The number of benzene rings is 5. The number of nitrogens with one attached hydrogen (secondary N) is 3. The molecule has 0 atom stereocenters. The maximum atomic E-state index is 13.9. The molecule has 0 aliphatic rings. The summed E-state index contributed by atoms with van der Waals surface area (Å²) in [5.74, 6) is -1.74. The highest BCUT2D eigenvalue weighted by Crippen LogP contribution is 2.24. The van der Waals surface area contributed by atoms with Crippen molar-refractivity contribution in [3.63, 3.8) is 0 Å². The molecule has 0 bridgehead atoms. The van der Waals surface area contributed by atoms with Crippen molar-refractivity contribution in [3.8, 4) is 0 Å². The van der Waals surface area contributed by atoms with Crippen LogP contribution in [0.1, 0.15) is 15.9 Å². The molecule has 0 radical (unpaired) electrons. The minimum absolute atomic E-state index is 0.0467. The highest BCUT2D eigenvalue weighted by Gasteiger charge is 2.16. The topological polar surface area (TPSA) is 87.3 Å². The molecular weight excluding hydrogens is 549 g/mol. The summed E-state index contributed by atoms with van der Waals surface area (Å²) in [6, 6.07) is 35.2. The molecule has 3 amide bonds. The van der Waals surface area contributed by atoms with Crippen molar-refractivity contribution >= 4 is 57.7 Å². The second-order valence-corrected chi connectivity index (χ2v) is 10.3. The normalized spacial score (nSPS) is 11.1. The number of amides is 3. The molecule has 42 heavy (non-hydrogen) atoms. The number of carbonyl (C=O) groups excluding carboxylic acids is 3. The van der Waals surface area contributed by atoms with E-state index in [-0.39, 0.29) is 23.0 Å². The molecule has 0 heterocycles. The molecule has 208 valence electrons. The fraction of sp³-hybridized carbons (Fsp3) is 0.0294. The van der Waals surface area contributed by atoms with E-state index in [2.05, 4.69) is 16.0 Å². The first-order valence-corrected chi connectivity index (χ1v) is 14.1. The van der Waals surface area contributed by atoms with Crippen LogP contribution in [-0.4, -0.2) is 23.5 Å². The van der Waals surface area contributed by atoms with Gasteiger partial charge in [0.25, 0.3) is 11.8 Å². The summed E-state index contributed by atoms with van der Waals surface area (Å²) in [5.41, 5.74) is 1.87. The Morgan fingerprint density at radius 1 is 0.738 bits per heavy atom. The third-order valence-electron chi connectivity index (χ3n) is 6.26. The van der Waals surface area contributed by atoms with Gasteiger partial charge in [0.2, 0.25) is 5.91 Å². The number of rotatable bonds is 9. The standard InChI is InChI=1S/C34H26FN3O3S/c35-29-18-6-7-19-30(29)37-32(39)22-42-27-16-9-15-26(21-27)36-34(41)31(38-33(40)24-11-2-1-3-12-24)20-25-14-8-13-23-10-4-5-17-28(23)25/h1-21H,22H2,(H,36,41)(H,37,39)(H,38,40)/b31-20+. The van der Waals surface area contributed by atoms with E-state index >= 15 is 0 Å². The number of halogens is 1. The van der Waals surface area contributed by atoms with Gasteiger partial charge in [-0.2, -0.15) is 0 Å². The van der Waals surface area contributed by atoms with E-state index in [0.717, 1.165) is 21.2 Å². The van der Waals surface area contributed by atoms with Crippen molar-refractivity contribution in [3.05, 3.63) is 144 Å². The lowest BCUT2D eigenvalue weighted by Crippen LogP contribution is -2.30. The third kappa shape index (κ3) is 7.30. The zero-order chi connectivity index (χ0) is 29.3. The zero-order valence-corrected chi connectivity index (χ0v) is 23.2. The summed E-state index contributed by atoms with van der Waals surface area (Å²) in [4.78, 5) is 39.6. The summed E-state index contributed by atoms with van der Waals surface area (Å²) in [5, 5.41) is 10.1. The number of carbonyl (C=O) groups is 3. The maximum absolute atomic E-state index is 13.9. The molecule has 3 N–H and O–H groups in total. The van der Waals surface area contributed by atoms with Crippen LogP contribution in [0, 0.1) is 5.82 Å². The van der Waals surface area contributed by atoms with Crippen LogP contribution in [-0.2, 0) is 9.59 Å². The first-order chi connectivity index (χ1) is 20.5. The third-order valence-corrected chi connectivity index (χ3v) is 7.26. The molecule has 0 saturated carbocycles. The van der Waals surface area contributed by atoms with Crippen molar-refractivity contribution in [2.75, 3.05) is 16.4 Å². The van der Waals surface area contributed by atoms with Crippen LogP contribution in [0.3, 0.4) is 0 Å². The second-order valence-electron chi connectivity index (χ2n) is 9.25. The molecule has 0 fully saturated rings. The largest absolute Gasteiger partial charge is 0.323 e. The maximum Gasteiger partial charge on any atom is 0.272 e. The number of hydrogen-bond donors (Lipinski definition) is 3. The summed E-state index contributed by atoms with van der Waals surface area (Å²) in [6.07, 6.45) is 1.66. The van der Waals surface area contributed by atoms with Crippen LogP contribution in [0.5, 0.6) is 0 Å². The lowest BCUT2D eigenvalue weighted by atomic mass is 10.0. The van der Waals surface area contributed by atoms with Gasteiger partial charge < -0.3 is 16.0 Å². The van der Waals surface area contributed by atoms with Crippen molar-refractivity contribution in [1.29, 1.82) is 0 Å². The average molecular weight is 576 g/mol. The molecule has 0 aromatic heterocycles. The lowest BCUT2D eigenvalue weighted by molar-refractivity contribution is -0.114. The summed E-state index contributed by atoms with van der Waals surface area (Å²) in [6.45, 7) is 0. The second kappa shape index (κ2) is 13.4. The SMILES string of the molecule is O=C(CSc1cccc(NC(=O)/C(=C\c2cccc3ccccc23)NC(=O)c2ccccc2)c1)Nc1ccccc1F. The zero-order valence-electron chi connectivity index (χ0n) is 22.3. The van der Waals surface area contributed by atoms with E-state index in [0.29, 0.717) is 11.3 Å². The van der Waals surface area contributed by atoms with E-state index < -0.39 is 17.6 Å². The molecular formula is C34H26FN3O3S. The van der Waals surface area contributed by atoms with Gasteiger partial charge >= 0.3 is 0 Å². The fourth-order valence-electron chi connectivity index (χ4n) is 4.23. The first kappa shape index (κ1) is 28.3. The molecule has 8 heteroatoms. The van der Waals surface area contributed by atoms with Crippen LogP contribution >= 0.6 is 11.8 Å². The highest BCUT2D eigenvalue weighted by atomic mass is 32.2. The summed E-state index contributed by atoms with van der Waals surface area (Å²) >= 11 is 1.25. The van der Waals surface area contributed by atoms with E-state index in [1.807, 2.05) is 48.5 Å². The van der Waals surface area contributed by atoms with E-state index in [1.54, 1.807) is 66.7 Å². The molecule has 6 nitrogen and oxygen atoms in total. The minimum atomic E-state index is -0.508. The monoisotopic (exact) mass is 575 g/mol. The first-order valence-electron chi connectivity index (χ1n) is 13.1. The molecule has 5 aromatic carbocycles. The lowest BCUT2D eigenvalue weighted by Gasteiger charge is -2.13. The van der Waals surface area contributed by atoms with Crippen LogP contribution < -0.4 is 16.0 Å². The highest BCUT2D eigenvalue weighted by molar-refractivity contribution is 8.00. The number of anilines is 2. The smallest absolute Gasteiger partial charge is 0.272 e. The quantitative estimate of drug-likeness (QED) is 0.129. The van der Waals surface area contributed by atoms with Gasteiger partial charge in [-0.15, -0.1) is 11.8 Å². The van der Waals surface area contributed by atoms with Gasteiger partial charge in [0.05, 0.1) is 11.4 Å². The van der Waals surface area contributed by atoms with Crippen LogP contribution in [0.25, 0.3) is 16.8 Å². The van der Waals surface area contributed by atoms with E-state index in [4.69, 9.17) is 0 Å². The summed E-state index contributed by atoms with van der Waals surface area (Å²) in [7, 11) is 0. The van der Waals surface area contributed by atoms with Crippen molar-refractivity contribution in [2.24, 2.45) is 0 Å². The van der Waals surface area contributed by atoms with Gasteiger partial charge in [0.15, 0.2) is 0 Å². The Kier molecular flexibility index (Phi) is 9.06. The number of thioether (sulfide) groups is 1. The molecule has 5 rings (SSSR count). The van der Waals surface area contributed by atoms with Crippen LogP contribution in [0.2, 0.25) is 0 Å². The molecule has 0 aliphatic heterocycles. The Balaban J connectivity index is 1.34. The minimum Gasteiger partial charge on any atom is -0.323 e. The molecule has 0 aliphatic carbocycles. The molecule has 0 saturated heterocycles. The van der Waals surface area contributed by atoms with Gasteiger partial charge in [-0.25, -0.2) is 4.39 Å². The fourth-order valence-corrected chi connectivity index (χ4v) is 4.99. The van der Waals surface area contributed by atoms with Gasteiger partial charge in [0.1, 0.15) is 11.5 Å². The van der Waals surface area contributed by atoms with Crippen LogP contribution in [0.4, 0.5) is 15.8 Å². The number of fused-ring (bicyclic) bond motifs is 1. The van der Waals surface area contributed by atoms with Crippen LogP contribution in [0.15, 0.2) is 132 Å².